The van der Waals surface area contributed by atoms with Crippen molar-refractivity contribution in [1.29, 1.82) is 0 Å². The van der Waals surface area contributed by atoms with Gasteiger partial charge in [0.2, 0.25) is 0 Å². The van der Waals surface area contributed by atoms with Gasteiger partial charge in [0.15, 0.2) is 0 Å². The molecule has 0 unspecified atom stereocenters. The van der Waals surface area contributed by atoms with Crippen LogP contribution in [0.4, 0.5) is 0 Å². The van der Waals surface area contributed by atoms with Gasteiger partial charge in [-0.1, -0.05) is 13.8 Å². The molecule has 1 aromatic heterocycles. The summed E-state index contributed by atoms with van der Waals surface area (Å²) in [5, 5.41) is 26.0. The summed E-state index contributed by atoms with van der Waals surface area (Å²) in [6.07, 6.45) is 12.9. The van der Waals surface area contributed by atoms with E-state index in [0.717, 1.165) is 48.8 Å². The molecule has 4 saturated carbocycles. The first-order chi connectivity index (χ1) is 13.7. The first kappa shape index (κ1) is 19.8. The summed E-state index contributed by atoms with van der Waals surface area (Å²) in [7, 11) is 1.98. The molecule has 1 heterocycles. The maximum Gasteiger partial charge on any atom is 0.0809 e. The van der Waals surface area contributed by atoms with Crippen LogP contribution in [0.2, 0.25) is 0 Å². The van der Waals surface area contributed by atoms with Gasteiger partial charge in [-0.3, -0.25) is 4.68 Å². The highest BCUT2D eigenvalue weighted by atomic mass is 16.3. The zero-order valence-corrected chi connectivity index (χ0v) is 18.6. The van der Waals surface area contributed by atoms with Gasteiger partial charge in [-0.2, -0.15) is 5.10 Å². The Bertz CT molecular complexity index is 829. The normalized spacial score (nSPS) is 48.3. The lowest BCUT2D eigenvalue weighted by molar-refractivity contribution is -0.133. The van der Waals surface area contributed by atoms with Crippen LogP contribution >= 0.6 is 0 Å². The van der Waals surface area contributed by atoms with E-state index in [4.69, 9.17) is 0 Å². The summed E-state index contributed by atoms with van der Waals surface area (Å²) in [6.45, 7) is 6.99. The number of aliphatic hydroxyl groups excluding tert-OH is 2. The molecule has 1 aromatic rings. The third kappa shape index (κ3) is 2.81. The topological polar surface area (TPSA) is 58.3 Å². The Balaban J connectivity index is 1.45. The molecule has 0 spiro atoms. The van der Waals surface area contributed by atoms with Crippen molar-refractivity contribution < 1.29 is 10.2 Å². The number of aryl methyl sites for hydroxylation is 1. The van der Waals surface area contributed by atoms with Crippen LogP contribution in [0.3, 0.4) is 0 Å². The fourth-order valence-corrected chi connectivity index (χ4v) is 8.09. The molecule has 29 heavy (non-hydrogen) atoms. The lowest BCUT2D eigenvalue weighted by Gasteiger charge is -2.60. The van der Waals surface area contributed by atoms with Crippen molar-refractivity contribution in [3.8, 4) is 0 Å². The summed E-state index contributed by atoms with van der Waals surface area (Å²) in [4.78, 5) is 0. The predicted octanol–water partition coefficient (Wildman–Crippen LogP) is 4.49. The zero-order chi connectivity index (χ0) is 20.6. The molecule has 0 saturated heterocycles. The highest BCUT2D eigenvalue weighted by molar-refractivity contribution is 5.57. The zero-order valence-electron chi connectivity index (χ0n) is 18.6. The number of fused-ring (bicyclic) bond motifs is 5. The molecule has 4 nitrogen and oxygen atoms in total. The largest absolute Gasteiger partial charge is 0.393 e. The van der Waals surface area contributed by atoms with Gasteiger partial charge >= 0.3 is 0 Å². The second-order valence-corrected chi connectivity index (χ2v) is 11.3. The lowest BCUT2D eigenvalue weighted by Crippen LogP contribution is -2.54. The lowest BCUT2D eigenvalue weighted by atomic mass is 9.45. The minimum atomic E-state index is -0.327. The van der Waals surface area contributed by atoms with Gasteiger partial charge in [0.05, 0.1) is 18.4 Å². The first-order valence-corrected chi connectivity index (χ1v) is 11.8. The highest BCUT2D eigenvalue weighted by Crippen LogP contribution is 2.67. The molecule has 160 valence electrons. The predicted molar refractivity (Wildman–Crippen MR) is 115 cm³/mol. The quantitative estimate of drug-likeness (QED) is 0.733. The average Bonchev–Trinajstić information content (AvgIpc) is 3.14. The van der Waals surface area contributed by atoms with Crippen LogP contribution < -0.4 is 0 Å². The Hall–Kier alpha value is -1.13. The van der Waals surface area contributed by atoms with E-state index >= 15 is 0 Å². The third-order valence-corrected chi connectivity index (χ3v) is 10.1. The molecule has 2 N–H and O–H groups in total. The monoisotopic (exact) mass is 398 g/mol. The van der Waals surface area contributed by atoms with Crippen LogP contribution in [-0.4, -0.2) is 32.2 Å². The van der Waals surface area contributed by atoms with Crippen LogP contribution in [0, 0.1) is 41.4 Å². The minimum Gasteiger partial charge on any atom is -0.393 e. The van der Waals surface area contributed by atoms with Crippen molar-refractivity contribution in [2.75, 3.05) is 0 Å². The second kappa shape index (κ2) is 6.68. The summed E-state index contributed by atoms with van der Waals surface area (Å²) < 4.78 is 1.91. The van der Waals surface area contributed by atoms with Gasteiger partial charge in [-0.05, 0) is 99.0 Å². The molecule has 0 amide bonds. The van der Waals surface area contributed by atoms with E-state index in [1.54, 1.807) is 0 Å². The average molecular weight is 399 g/mol. The van der Waals surface area contributed by atoms with Crippen LogP contribution in [0.25, 0.3) is 6.08 Å². The van der Waals surface area contributed by atoms with Crippen LogP contribution in [0.15, 0.2) is 11.8 Å². The van der Waals surface area contributed by atoms with E-state index in [2.05, 4.69) is 31.9 Å². The summed E-state index contributed by atoms with van der Waals surface area (Å²) >= 11 is 0. The highest BCUT2D eigenvalue weighted by Gasteiger charge is 2.61. The first-order valence-electron chi connectivity index (χ1n) is 11.8. The number of hydrogen-bond acceptors (Lipinski definition) is 3. The second-order valence-electron chi connectivity index (χ2n) is 11.3. The van der Waals surface area contributed by atoms with E-state index in [0.29, 0.717) is 17.3 Å². The molecule has 0 bridgehead atoms. The van der Waals surface area contributed by atoms with Crippen LogP contribution in [0.1, 0.15) is 76.5 Å². The Kier molecular flexibility index (Phi) is 4.57. The van der Waals surface area contributed by atoms with Crippen molar-refractivity contribution >= 4 is 6.08 Å². The molecule has 0 aliphatic heterocycles. The van der Waals surface area contributed by atoms with E-state index in [1.807, 2.05) is 17.9 Å². The van der Waals surface area contributed by atoms with E-state index in [1.165, 1.54) is 31.3 Å². The SMILES string of the molecule is Cc1c(/C=C2\C[C@H]3[C@@H]4CC[C@H]5C[C@H](O)CC[C@]5(C)[C@H]4CC[C@]3(C)[C@@H]2O)cnn1C. The van der Waals surface area contributed by atoms with Crippen LogP contribution in [0.5, 0.6) is 0 Å². The molecule has 8 atom stereocenters. The molecular formula is C25H38N2O2. The standard InChI is InChI=1S/C25H38N2O2/c1-15-17(14-26-27(15)4)11-16-12-22-20-6-5-18-13-19(28)7-9-24(18,2)21(20)8-10-25(22,3)23(16)29/h11,14,18-23,28-29H,5-10,12-13H2,1-4H3/b16-11+/t18-,19+,20+,21-,22-,23+,24-,25-/m0/s1. The Morgan fingerprint density at radius 2 is 1.83 bits per heavy atom. The number of nitrogens with zero attached hydrogens (tertiary/aromatic N) is 2. The Morgan fingerprint density at radius 1 is 1.07 bits per heavy atom. The molecular weight excluding hydrogens is 360 g/mol. The van der Waals surface area contributed by atoms with Crippen molar-refractivity contribution in [3.05, 3.63) is 23.0 Å². The van der Waals surface area contributed by atoms with Gasteiger partial charge in [0.25, 0.3) is 0 Å². The number of rotatable bonds is 1. The van der Waals surface area contributed by atoms with Crippen molar-refractivity contribution in [2.45, 2.75) is 84.3 Å². The molecule has 4 heteroatoms. The van der Waals surface area contributed by atoms with Gasteiger partial charge in [0, 0.05) is 23.7 Å². The van der Waals surface area contributed by atoms with Crippen molar-refractivity contribution in [3.63, 3.8) is 0 Å². The maximum absolute atomic E-state index is 11.4. The number of aliphatic hydroxyl groups is 2. The molecule has 5 rings (SSSR count). The van der Waals surface area contributed by atoms with Gasteiger partial charge in [-0.15, -0.1) is 0 Å². The summed E-state index contributed by atoms with van der Waals surface area (Å²) in [6, 6.07) is 0. The fourth-order valence-electron chi connectivity index (χ4n) is 8.09. The van der Waals surface area contributed by atoms with E-state index in [-0.39, 0.29) is 17.6 Å². The molecule has 4 fully saturated rings. The molecule has 0 radical (unpaired) electrons. The van der Waals surface area contributed by atoms with Gasteiger partial charge in [-0.25, -0.2) is 0 Å². The third-order valence-electron chi connectivity index (χ3n) is 10.1. The van der Waals surface area contributed by atoms with Crippen molar-refractivity contribution in [2.24, 2.45) is 41.5 Å². The van der Waals surface area contributed by atoms with E-state index < -0.39 is 0 Å². The van der Waals surface area contributed by atoms with Crippen molar-refractivity contribution in [1.82, 2.24) is 9.78 Å². The molecule has 0 aromatic carbocycles. The fraction of sp³-hybridized carbons (Fsp3) is 0.800. The van der Waals surface area contributed by atoms with Gasteiger partial charge < -0.3 is 10.2 Å². The molecule has 4 aliphatic rings. The van der Waals surface area contributed by atoms with Crippen LogP contribution in [-0.2, 0) is 7.05 Å². The molecule has 4 aliphatic carbocycles. The van der Waals surface area contributed by atoms with E-state index in [9.17, 15) is 10.2 Å². The Morgan fingerprint density at radius 3 is 2.55 bits per heavy atom. The summed E-state index contributed by atoms with van der Waals surface area (Å²) in [5.41, 5.74) is 3.94. The Labute approximate surface area is 175 Å². The number of aromatic nitrogens is 2. The van der Waals surface area contributed by atoms with Gasteiger partial charge in [0.1, 0.15) is 0 Å². The summed E-state index contributed by atoms with van der Waals surface area (Å²) in [5.74, 6) is 2.76. The minimum absolute atomic E-state index is 0.0144. The smallest absolute Gasteiger partial charge is 0.0809 e. The number of hydrogen-bond donors (Lipinski definition) is 2. The maximum atomic E-state index is 11.4.